The summed E-state index contributed by atoms with van der Waals surface area (Å²) in [5, 5.41) is 7.31. The largest absolute Gasteiger partial charge is 0.380 e. The third-order valence-electron chi connectivity index (χ3n) is 5.83. The van der Waals surface area contributed by atoms with Crippen LogP contribution in [0.2, 0.25) is 0 Å². The van der Waals surface area contributed by atoms with Gasteiger partial charge in [0, 0.05) is 66.2 Å². The number of carbonyl (C=O) groups excluding carboxylic acids is 1. The number of likely N-dealkylation sites (tertiary alicyclic amines) is 1. The Bertz CT molecular complexity index is 1160. The molecule has 1 fully saturated rings. The van der Waals surface area contributed by atoms with Gasteiger partial charge < -0.3 is 14.7 Å². The molecule has 29 heavy (non-hydrogen) atoms. The van der Waals surface area contributed by atoms with Gasteiger partial charge in [0.1, 0.15) is 6.29 Å². The van der Waals surface area contributed by atoms with Gasteiger partial charge in [-0.15, -0.1) is 0 Å². The summed E-state index contributed by atoms with van der Waals surface area (Å²) >= 11 is 0. The zero-order valence-electron chi connectivity index (χ0n) is 16.3. The molecule has 0 radical (unpaired) electrons. The second-order valence-corrected chi connectivity index (χ2v) is 7.80. The molecule has 1 atom stereocenters. The van der Waals surface area contributed by atoms with E-state index in [2.05, 4.69) is 63.7 Å². The lowest BCUT2D eigenvalue weighted by atomic mass is 10.1. The summed E-state index contributed by atoms with van der Waals surface area (Å²) in [6.45, 7) is 3.44. The highest BCUT2D eigenvalue weighted by atomic mass is 16.1. The van der Waals surface area contributed by atoms with Crippen LogP contribution in [0.3, 0.4) is 0 Å². The van der Waals surface area contributed by atoms with E-state index in [4.69, 9.17) is 0 Å². The summed E-state index contributed by atoms with van der Waals surface area (Å²) in [7, 11) is 0. The van der Waals surface area contributed by atoms with Gasteiger partial charge in [-0.2, -0.15) is 0 Å². The van der Waals surface area contributed by atoms with Crippen LogP contribution in [0, 0.1) is 0 Å². The van der Waals surface area contributed by atoms with Gasteiger partial charge in [0.15, 0.2) is 0 Å². The van der Waals surface area contributed by atoms with Crippen molar-refractivity contribution in [2.24, 2.45) is 0 Å². The summed E-state index contributed by atoms with van der Waals surface area (Å²) in [5.74, 6) is 0. The molecular weight excluding hydrogens is 360 g/mol. The van der Waals surface area contributed by atoms with Crippen molar-refractivity contribution in [1.82, 2.24) is 14.5 Å². The molecule has 0 aliphatic carbocycles. The Labute approximate surface area is 170 Å². The van der Waals surface area contributed by atoms with Crippen molar-refractivity contribution in [2.45, 2.75) is 25.6 Å². The number of rotatable bonds is 6. The molecule has 1 N–H and O–H groups in total. The van der Waals surface area contributed by atoms with Gasteiger partial charge in [-0.25, -0.2) is 0 Å². The van der Waals surface area contributed by atoms with Crippen LogP contribution in [0.15, 0.2) is 67.1 Å². The molecular formula is C24H24N4O. The number of pyridine rings is 1. The van der Waals surface area contributed by atoms with Crippen molar-refractivity contribution in [2.75, 3.05) is 18.4 Å². The van der Waals surface area contributed by atoms with E-state index in [0.29, 0.717) is 12.6 Å². The molecule has 0 amide bonds. The summed E-state index contributed by atoms with van der Waals surface area (Å²) in [6, 6.07) is 17.5. The highest BCUT2D eigenvalue weighted by Crippen LogP contribution is 2.26. The molecule has 1 aliphatic heterocycles. The van der Waals surface area contributed by atoms with Crippen LogP contribution < -0.4 is 5.32 Å². The minimum Gasteiger partial charge on any atom is -0.380 e. The molecule has 0 spiro atoms. The maximum absolute atomic E-state index is 10.9. The standard InChI is InChI=1S/C24H24N4O/c29-13-12-28-11-7-19-5-4-18(14-24(19)28)16-27-10-8-21(17-27)26-23-3-1-2-20-15-25-9-6-22(20)23/h1-7,9,11,13-15,21,26H,8,10,12,16-17H2/t21-/m1/s1. The number of aldehydes is 1. The number of hydrogen-bond acceptors (Lipinski definition) is 4. The molecule has 0 bridgehead atoms. The van der Waals surface area contributed by atoms with Crippen LogP contribution in [0.25, 0.3) is 21.7 Å². The van der Waals surface area contributed by atoms with E-state index in [1.165, 1.54) is 27.4 Å². The first kappa shape index (κ1) is 17.9. The number of fused-ring (bicyclic) bond motifs is 2. The van der Waals surface area contributed by atoms with Crippen molar-refractivity contribution in [3.05, 3.63) is 72.7 Å². The van der Waals surface area contributed by atoms with Crippen molar-refractivity contribution in [3.8, 4) is 0 Å². The normalized spacial score (nSPS) is 17.2. The minimum absolute atomic E-state index is 0.406. The summed E-state index contributed by atoms with van der Waals surface area (Å²) < 4.78 is 2.01. The van der Waals surface area contributed by atoms with Crippen LogP contribution in [0.5, 0.6) is 0 Å². The van der Waals surface area contributed by atoms with Gasteiger partial charge >= 0.3 is 0 Å². The Hall–Kier alpha value is -3.18. The fraction of sp³-hybridized carbons (Fsp3) is 0.250. The first-order valence-corrected chi connectivity index (χ1v) is 10.1. The van der Waals surface area contributed by atoms with Crippen LogP contribution in [0.4, 0.5) is 5.69 Å². The van der Waals surface area contributed by atoms with Crippen LogP contribution >= 0.6 is 0 Å². The number of benzene rings is 2. The average Bonchev–Trinajstić information content (AvgIpc) is 3.35. The molecule has 1 aliphatic rings. The molecule has 4 aromatic rings. The topological polar surface area (TPSA) is 50.2 Å². The molecule has 3 heterocycles. The monoisotopic (exact) mass is 384 g/mol. The maximum atomic E-state index is 10.9. The van der Waals surface area contributed by atoms with E-state index < -0.39 is 0 Å². The fourth-order valence-corrected chi connectivity index (χ4v) is 4.39. The van der Waals surface area contributed by atoms with Crippen molar-refractivity contribution in [3.63, 3.8) is 0 Å². The zero-order chi connectivity index (χ0) is 19.6. The number of aromatic nitrogens is 2. The number of anilines is 1. The third kappa shape index (κ3) is 3.61. The number of nitrogens with one attached hydrogen (secondary N) is 1. The van der Waals surface area contributed by atoms with Crippen molar-refractivity contribution < 1.29 is 4.79 Å². The second-order valence-electron chi connectivity index (χ2n) is 7.80. The van der Waals surface area contributed by atoms with Crippen LogP contribution in [-0.2, 0) is 17.9 Å². The first-order chi connectivity index (χ1) is 14.3. The summed E-state index contributed by atoms with van der Waals surface area (Å²) in [5.41, 5.74) is 3.61. The van der Waals surface area contributed by atoms with Crippen molar-refractivity contribution >= 4 is 33.6 Å². The maximum Gasteiger partial charge on any atom is 0.139 e. The molecule has 5 rings (SSSR count). The van der Waals surface area contributed by atoms with Gasteiger partial charge in [-0.3, -0.25) is 9.88 Å². The SMILES string of the molecule is O=CCn1ccc2ccc(CN3CC[C@@H](Nc4cccc5cnccc45)C3)cc21. The fourth-order valence-electron chi connectivity index (χ4n) is 4.39. The summed E-state index contributed by atoms with van der Waals surface area (Å²) in [4.78, 5) is 17.6. The highest BCUT2D eigenvalue weighted by Gasteiger charge is 2.23. The molecule has 146 valence electrons. The van der Waals surface area contributed by atoms with Crippen molar-refractivity contribution in [1.29, 1.82) is 0 Å². The van der Waals surface area contributed by atoms with E-state index >= 15 is 0 Å². The van der Waals surface area contributed by atoms with Gasteiger partial charge in [-0.1, -0.05) is 24.3 Å². The Balaban J connectivity index is 1.28. The Morgan fingerprint density at radius 3 is 3.03 bits per heavy atom. The van der Waals surface area contributed by atoms with Crippen LogP contribution in [-0.4, -0.2) is 39.9 Å². The molecule has 5 heteroatoms. The zero-order valence-corrected chi connectivity index (χ0v) is 16.3. The number of nitrogens with zero attached hydrogens (tertiary/aromatic N) is 3. The Morgan fingerprint density at radius 1 is 1.14 bits per heavy atom. The first-order valence-electron chi connectivity index (χ1n) is 10.1. The lowest BCUT2D eigenvalue weighted by molar-refractivity contribution is -0.108. The quantitative estimate of drug-likeness (QED) is 0.509. The Morgan fingerprint density at radius 2 is 2.10 bits per heavy atom. The van der Waals surface area contributed by atoms with Crippen LogP contribution in [0.1, 0.15) is 12.0 Å². The molecule has 2 aromatic carbocycles. The molecule has 5 nitrogen and oxygen atoms in total. The average molecular weight is 384 g/mol. The molecule has 2 aromatic heterocycles. The van der Waals surface area contributed by atoms with Gasteiger partial charge in [-0.05, 0) is 41.6 Å². The van der Waals surface area contributed by atoms with Gasteiger partial charge in [0.25, 0.3) is 0 Å². The number of hydrogen-bond donors (Lipinski definition) is 1. The minimum atomic E-state index is 0.406. The molecule has 0 saturated carbocycles. The number of carbonyl (C=O) groups is 1. The van der Waals surface area contributed by atoms with Gasteiger partial charge in [0.05, 0.1) is 6.54 Å². The second kappa shape index (κ2) is 7.68. The highest BCUT2D eigenvalue weighted by molar-refractivity contribution is 5.93. The summed E-state index contributed by atoms with van der Waals surface area (Å²) in [6.07, 6.45) is 7.83. The lowest BCUT2D eigenvalue weighted by Crippen LogP contribution is -2.26. The molecule has 1 saturated heterocycles. The van der Waals surface area contributed by atoms with E-state index in [0.717, 1.165) is 37.9 Å². The predicted octanol–water partition coefficient (Wildman–Crippen LogP) is 4.07. The van der Waals surface area contributed by atoms with E-state index in [1.807, 2.05) is 23.2 Å². The van der Waals surface area contributed by atoms with E-state index in [-0.39, 0.29) is 0 Å². The lowest BCUT2D eigenvalue weighted by Gasteiger charge is -2.18. The van der Waals surface area contributed by atoms with Gasteiger partial charge in [0.2, 0.25) is 0 Å². The molecule has 0 unspecified atom stereocenters. The Kier molecular flexibility index (Phi) is 4.74. The third-order valence-corrected chi connectivity index (χ3v) is 5.83. The predicted molar refractivity (Wildman–Crippen MR) is 117 cm³/mol. The smallest absolute Gasteiger partial charge is 0.139 e. The van der Waals surface area contributed by atoms with E-state index in [1.54, 1.807) is 0 Å². The van der Waals surface area contributed by atoms with E-state index in [9.17, 15) is 4.79 Å².